The number of hydrogen-bond acceptors (Lipinski definition) is 6. The van der Waals surface area contributed by atoms with Crippen molar-refractivity contribution in [2.45, 2.75) is 39.8 Å². The van der Waals surface area contributed by atoms with Crippen LogP contribution in [0.5, 0.6) is 0 Å². The second-order valence-electron chi connectivity index (χ2n) is 6.56. The van der Waals surface area contributed by atoms with E-state index >= 15 is 0 Å². The zero-order valence-electron chi connectivity index (χ0n) is 16.2. The predicted molar refractivity (Wildman–Crippen MR) is 102 cm³/mol. The molecule has 0 N–H and O–H groups in total. The minimum absolute atomic E-state index is 0.226. The fourth-order valence-electron chi connectivity index (χ4n) is 3.31. The average molecular weight is 381 g/mol. The summed E-state index contributed by atoms with van der Waals surface area (Å²) in [5.41, 5.74) is 3.40. The van der Waals surface area contributed by atoms with E-state index < -0.39 is 12.0 Å². The quantitative estimate of drug-likeness (QED) is 0.439. The summed E-state index contributed by atoms with van der Waals surface area (Å²) in [4.78, 5) is 25.3. The molecule has 0 spiro atoms. The number of aromatic nitrogens is 5. The first-order valence-electron chi connectivity index (χ1n) is 9.14. The zero-order valence-corrected chi connectivity index (χ0v) is 16.2. The Kier molecular flexibility index (Phi) is 5.98. The van der Waals surface area contributed by atoms with Crippen LogP contribution in [-0.4, -0.2) is 43.1 Å². The smallest absolute Gasteiger partial charge is 0.331 e. The van der Waals surface area contributed by atoms with E-state index in [1.54, 1.807) is 0 Å². The van der Waals surface area contributed by atoms with Gasteiger partial charge >= 0.3 is 5.97 Å². The van der Waals surface area contributed by atoms with E-state index in [2.05, 4.69) is 15.5 Å². The lowest BCUT2D eigenvalue weighted by Crippen LogP contribution is -2.27. The van der Waals surface area contributed by atoms with Gasteiger partial charge in [0, 0.05) is 29.9 Å². The maximum absolute atomic E-state index is 12.7. The van der Waals surface area contributed by atoms with Crippen molar-refractivity contribution in [2.24, 2.45) is 0 Å². The molecule has 1 aromatic carbocycles. The molecule has 28 heavy (non-hydrogen) atoms. The molecule has 1 atom stereocenters. The second-order valence-corrected chi connectivity index (χ2v) is 6.56. The van der Waals surface area contributed by atoms with Crippen LogP contribution < -0.4 is 0 Å². The summed E-state index contributed by atoms with van der Waals surface area (Å²) in [5, 5.41) is 11.0. The number of rotatable bonds is 8. The molecule has 0 aliphatic carbocycles. The van der Waals surface area contributed by atoms with Gasteiger partial charge in [0.1, 0.15) is 6.33 Å². The molecule has 0 radical (unpaired) electrons. The molecule has 2 heterocycles. The molecule has 2 aromatic heterocycles. The summed E-state index contributed by atoms with van der Waals surface area (Å²) in [5.74, 6) is -0.773. The lowest BCUT2D eigenvalue weighted by molar-refractivity contribution is -0.146. The van der Waals surface area contributed by atoms with Crippen LogP contribution in [-0.2, 0) is 22.5 Å². The molecule has 0 saturated carbocycles. The first kappa shape index (κ1) is 19.5. The number of carbonyl (C=O) groups is 2. The van der Waals surface area contributed by atoms with Gasteiger partial charge in [-0.15, -0.1) is 5.10 Å². The van der Waals surface area contributed by atoms with Crippen molar-refractivity contribution in [2.75, 3.05) is 6.61 Å². The van der Waals surface area contributed by atoms with Crippen molar-refractivity contribution in [3.63, 3.8) is 0 Å². The molecule has 146 valence electrons. The van der Waals surface area contributed by atoms with Crippen molar-refractivity contribution in [3.05, 3.63) is 65.2 Å². The van der Waals surface area contributed by atoms with Gasteiger partial charge in [-0.1, -0.05) is 30.3 Å². The lowest BCUT2D eigenvalue weighted by atomic mass is 10.1. The first-order chi connectivity index (χ1) is 13.5. The highest BCUT2D eigenvalue weighted by Gasteiger charge is 2.25. The summed E-state index contributed by atoms with van der Waals surface area (Å²) >= 11 is 0. The Labute approximate surface area is 163 Å². The first-order valence-corrected chi connectivity index (χ1v) is 9.14. The van der Waals surface area contributed by atoms with Crippen LogP contribution in [0.15, 0.2) is 42.7 Å². The Balaban J connectivity index is 1.71. The van der Waals surface area contributed by atoms with Crippen molar-refractivity contribution in [3.8, 4) is 0 Å². The molecule has 0 amide bonds. The van der Waals surface area contributed by atoms with Gasteiger partial charge in [-0.05, 0) is 42.8 Å². The highest BCUT2D eigenvalue weighted by molar-refractivity contribution is 5.99. The molecule has 0 unspecified atom stereocenters. The van der Waals surface area contributed by atoms with Crippen LogP contribution in [0.3, 0.4) is 0 Å². The standard InChI is InChI=1S/C20H23N5O3/c1-4-24-14(2)10-17(15(24)3)19(26)12-28-20(27)18(25-13-21-22-23-25)11-16-8-6-5-7-9-16/h5-10,13,18H,4,11-12H2,1-3H3/t18-/m1/s1. The number of ketones is 1. The maximum atomic E-state index is 12.7. The van der Waals surface area contributed by atoms with Gasteiger partial charge in [0.15, 0.2) is 12.6 Å². The molecule has 3 rings (SSSR count). The minimum Gasteiger partial charge on any atom is -0.456 e. The van der Waals surface area contributed by atoms with Gasteiger partial charge in [-0.2, -0.15) is 0 Å². The Bertz CT molecular complexity index is 948. The van der Waals surface area contributed by atoms with Crippen LogP contribution in [0.1, 0.15) is 40.3 Å². The van der Waals surface area contributed by atoms with Gasteiger partial charge in [-0.3, -0.25) is 4.79 Å². The Morgan fingerprint density at radius 2 is 1.93 bits per heavy atom. The number of ether oxygens (including phenoxy) is 1. The topological polar surface area (TPSA) is 91.9 Å². The summed E-state index contributed by atoms with van der Waals surface area (Å²) in [6.07, 6.45) is 1.73. The van der Waals surface area contributed by atoms with Crippen LogP contribution in [0.4, 0.5) is 0 Å². The zero-order chi connectivity index (χ0) is 20.1. The molecule has 0 aliphatic heterocycles. The van der Waals surface area contributed by atoms with Gasteiger partial charge in [0.2, 0.25) is 5.78 Å². The molecule has 0 bridgehead atoms. The van der Waals surface area contributed by atoms with E-state index in [1.807, 2.05) is 61.7 Å². The van der Waals surface area contributed by atoms with Crippen molar-refractivity contribution >= 4 is 11.8 Å². The number of tetrazole rings is 1. The fraction of sp³-hybridized carbons (Fsp3) is 0.350. The minimum atomic E-state index is -0.742. The number of nitrogens with zero attached hydrogens (tertiary/aromatic N) is 5. The SMILES string of the molecule is CCn1c(C)cc(C(=O)COC(=O)[C@@H](Cc2ccccc2)n2cnnn2)c1C. The summed E-state index contributed by atoms with van der Waals surface area (Å²) in [7, 11) is 0. The Morgan fingerprint density at radius 3 is 2.54 bits per heavy atom. The third-order valence-electron chi connectivity index (χ3n) is 4.76. The summed E-state index contributed by atoms with van der Waals surface area (Å²) in [6.45, 7) is 6.33. The van der Waals surface area contributed by atoms with E-state index in [-0.39, 0.29) is 12.4 Å². The fourth-order valence-corrected chi connectivity index (χ4v) is 3.31. The van der Waals surface area contributed by atoms with Crippen LogP contribution >= 0.6 is 0 Å². The van der Waals surface area contributed by atoms with Gasteiger partial charge in [0.05, 0.1) is 0 Å². The molecular weight excluding hydrogens is 358 g/mol. The van der Waals surface area contributed by atoms with Crippen molar-refractivity contribution < 1.29 is 14.3 Å². The number of carbonyl (C=O) groups excluding carboxylic acids is 2. The number of aryl methyl sites for hydroxylation is 1. The molecule has 8 heteroatoms. The molecule has 3 aromatic rings. The molecule has 0 saturated heterocycles. The number of Topliss-reactive ketones (excluding diaryl/α,β-unsaturated/α-hetero) is 1. The monoisotopic (exact) mass is 381 g/mol. The Hall–Kier alpha value is -3.29. The number of benzene rings is 1. The van der Waals surface area contributed by atoms with Crippen LogP contribution in [0, 0.1) is 13.8 Å². The van der Waals surface area contributed by atoms with E-state index in [1.165, 1.54) is 11.0 Å². The highest BCUT2D eigenvalue weighted by Crippen LogP contribution is 2.18. The third-order valence-corrected chi connectivity index (χ3v) is 4.76. The number of esters is 1. The lowest BCUT2D eigenvalue weighted by Gasteiger charge is -2.15. The summed E-state index contributed by atoms with van der Waals surface area (Å²) in [6, 6.07) is 10.6. The second kappa shape index (κ2) is 8.60. The van der Waals surface area contributed by atoms with Crippen LogP contribution in [0.25, 0.3) is 0 Å². The molecule has 8 nitrogen and oxygen atoms in total. The number of hydrogen-bond donors (Lipinski definition) is 0. The maximum Gasteiger partial charge on any atom is 0.331 e. The highest BCUT2D eigenvalue weighted by atomic mass is 16.5. The summed E-state index contributed by atoms with van der Waals surface area (Å²) < 4.78 is 8.74. The normalized spacial score (nSPS) is 12.0. The van der Waals surface area contributed by atoms with Gasteiger partial charge in [-0.25, -0.2) is 9.48 Å². The average Bonchev–Trinajstić information content (AvgIpc) is 3.32. The van der Waals surface area contributed by atoms with Crippen molar-refractivity contribution in [1.29, 1.82) is 0 Å². The van der Waals surface area contributed by atoms with E-state index in [0.29, 0.717) is 12.0 Å². The molecular formula is C20H23N5O3. The van der Waals surface area contributed by atoms with Crippen LogP contribution in [0.2, 0.25) is 0 Å². The Morgan fingerprint density at radius 1 is 1.18 bits per heavy atom. The largest absolute Gasteiger partial charge is 0.456 e. The van der Waals surface area contributed by atoms with E-state index in [4.69, 9.17) is 4.74 Å². The van der Waals surface area contributed by atoms with Crippen molar-refractivity contribution in [1.82, 2.24) is 24.8 Å². The molecule has 0 aliphatic rings. The third kappa shape index (κ3) is 4.16. The van der Waals surface area contributed by atoms with E-state index in [0.717, 1.165) is 23.5 Å². The predicted octanol–water partition coefficient (Wildman–Crippen LogP) is 2.32. The van der Waals surface area contributed by atoms with Gasteiger partial charge in [0.25, 0.3) is 0 Å². The molecule has 0 fully saturated rings. The van der Waals surface area contributed by atoms with E-state index in [9.17, 15) is 9.59 Å². The van der Waals surface area contributed by atoms with Gasteiger partial charge < -0.3 is 9.30 Å².